The van der Waals surface area contributed by atoms with Gasteiger partial charge < -0.3 is 4.43 Å². The fourth-order valence-corrected chi connectivity index (χ4v) is 7.54. The summed E-state index contributed by atoms with van der Waals surface area (Å²) in [7, 11) is -1.58. The van der Waals surface area contributed by atoms with E-state index in [1.807, 2.05) is 0 Å². The van der Waals surface area contributed by atoms with E-state index in [0.717, 1.165) is 5.75 Å². The van der Waals surface area contributed by atoms with Gasteiger partial charge in [-0.3, -0.25) is 0 Å². The standard InChI is InChI=1S/C17H30OSi/c1-6-9-19(10-7-2,11-8-3)18-17-13-15(4)12-16(5)14-17/h12-14H,6-11H2,1-5H3. The van der Waals surface area contributed by atoms with Gasteiger partial charge in [-0.2, -0.15) is 0 Å². The van der Waals surface area contributed by atoms with E-state index in [9.17, 15) is 0 Å². The first-order valence-electron chi connectivity index (χ1n) is 7.82. The molecule has 0 fully saturated rings. The first-order valence-corrected chi connectivity index (χ1v) is 10.4. The molecule has 19 heavy (non-hydrogen) atoms. The molecule has 0 radical (unpaired) electrons. The fourth-order valence-electron chi connectivity index (χ4n) is 3.14. The highest BCUT2D eigenvalue weighted by Gasteiger charge is 2.34. The zero-order valence-electron chi connectivity index (χ0n) is 13.4. The molecule has 0 spiro atoms. The lowest BCUT2D eigenvalue weighted by atomic mass is 10.1. The Kier molecular flexibility index (Phi) is 6.63. The van der Waals surface area contributed by atoms with Crippen molar-refractivity contribution in [3.8, 4) is 5.75 Å². The van der Waals surface area contributed by atoms with Gasteiger partial charge in [0.15, 0.2) is 0 Å². The van der Waals surface area contributed by atoms with E-state index >= 15 is 0 Å². The second kappa shape index (κ2) is 7.74. The molecule has 0 unspecified atom stereocenters. The molecule has 1 rings (SSSR count). The summed E-state index contributed by atoms with van der Waals surface area (Å²) in [6, 6.07) is 10.5. The molecule has 1 nitrogen and oxygen atoms in total. The third-order valence-corrected chi connectivity index (χ3v) is 8.55. The Morgan fingerprint density at radius 1 is 0.789 bits per heavy atom. The molecule has 0 aliphatic carbocycles. The van der Waals surface area contributed by atoms with Crippen LogP contribution in [0, 0.1) is 13.8 Å². The van der Waals surface area contributed by atoms with E-state index < -0.39 is 8.32 Å². The molecular formula is C17H30OSi. The predicted octanol–water partition coefficient (Wildman–Crippen LogP) is 5.86. The van der Waals surface area contributed by atoms with Crippen molar-refractivity contribution in [2.45, 2.75) is 72.0 Å². The van der Waals surface area contributed by atoms with Crippen molar-refractivity contribution in [2.75, 3.05) is 0 Å². The van der Waals surface area contributed by atoms with Gasteiger partial charge in [0.05, 0.1) is 0 Å². The van der Waals surface area contributed by atoms with Crippen LogP contribution in [0.1, 0.15) is 51.2 Å². The molecule has 108 valence electrons. The van der Waals surface area contributed by atoms with Crippen LogP contribution in [0.3, 0.4) is 0 Å². The molecule has 0 saturated heterocycles. The van der Waals surface area contributed by atoms with Crippen LogP contribution in [0.25, 0.3) is 0 Å². The molecule has 0 aliphatic rings. The van der Waals surface area contributed by atoms with Crippen molar-refractivity contribution >= 4 is 8.32 Å². The zero-order valence-corrected chi connectivity index (χ0v) is 14.4. The van der Waals surface area contributed by atoms with Crippen LogP contribution < -0.4 is 4.43 Å². The molecule has 0 N–H and O–H groups in total. The Balaban J connectivity index is 2.96. The first-order chi connectivity index (χ1) is 9.05. The summed E-state index contributed by atoms with van der Waals surface area (Å²) in [5.74, 6) is 1.11. The van der Waals surface area contributed by atoms with Gasteiger partial charge in [-0.15, -0.1) is 0 Å². The highest BCUT2D eigenvalue weighted by atomic mass is 28.4. The second-order valence-corrected chi connectivity index (χ2v) is 9.93. The lowest BCUT2D eigenvalue weighted by Gasteiger charge is -2.32. The summed E-state index contributed by atoms with van der Waals surface area (Å²) in [6.07, 6.45) is 3.74. The van der Waals surface area contributed by atoms with E-state index in [1.54, 1.807) is 0 Å². The molecule has 0 bridgehead atoms. The first kappa shape index (κ1) is 16.3. The van der Waals surface area contributed by atoms with Gasteiger partial charge in [0.1, 0.15) is 5.75 Å². The van der Waals surface area contributed by atoms with E-state index in [0.29, 0.717) is 0 Å². The third kappa shape index (κ3) is 5.02. The van der Waals surface area contributed by atoms with E-state index in [4.69, 9.17) is 4.43 Å². The fraction of sp³-hybridized carbons (Fsp3) is 0.647. The number of benzene rings is 1. The summed E-state index contributed by atoms with van der Waals surface area (Å²) < 4.78 is 6.62. The lowest BCUT2D eigenvalue weighted by molar-refractivity contribution is 0.518. The molecule has 0 atom stereocenters. The molecule has 0 aliphatic heterocycles. The molecule has 1 aromatic rings. The quantitative estimate of drug-likeness (QED) is 0.541. The highest BCUT2D eigenvalue weighted by Crippen LogP contribution is 2.30. The van der Waals surface area contributed by atoms with Crippen molar-refractivity contribution < 1.29 is 4.43 Å². The second-order valence-electron chi connectivity index (χ2n) is 5.86. The summed E-state index contributed by atoms with van der Waals surface area (Å²) in [6.45, 7) is 11.2. The van der Waals surface area contributed by atoms with Gasteiger partial charge in [-0.05, 0) is 55.2 Å². The number of hydrogen-bond acceptors (Lipinski definition) is 1. The summed E-state index contributed by atoms with van der Waals surface area (Å²) in [5.41, 5.74) is 2.62. The number of aryl methyl sites for hydroxylation is 2. The SMILES string of the molecule is CCC[Si](CCC)(CCC)Oc1cc(C)cc(C)c1. The third-order valence-electron chi connectivity index (χ3n) is 3.65. The van der Waals surface area contributed by atoms with Crippen LogP contribution in [-0.2, 0) is 0 Å². The summed E-state index contributed by atoms with van der Waals surface area (Å²) in [5, 5.41) is 0. The van der Waals surface area contributed by atoms with Crippen molar-refractivity contribution in [3.05, 3.63) is 29.3 Å². The smallest absolute Gasteiger partial charge is 0.251 e. The van der Waals surface area contributed by atoms with Crippen molar-refractivity contribution in [1.82, 2.24) is 0 Å². The minimum atomic E-state index is -1.58. The van der Waals surface area contributed by atoms with Crippen LogP contribution in [-0.4, -0.2) is 8.32 Å². The average molecular weight is 279 g/mol. The normalized spacial score (nSPS) is 11.6. The molecule has 2 heteroatoms. The maximum atomic E-state index is 6.62. The lowest BCUT2D eigenvalue weighted by Crippen LogP contribution is -2.41. The Morgan fingerprint density at radius 3 is 1.58 bits per heavy atom. The Hall–Kier alpha value is -0.763. The maximum absolute atomic E-state index is 6.62. The summed E-state index contributed by atoms with van der Waals surface area (Å²) in [4.78, 5) is 0. The van der Waals surface area contributed by atoms with Gasteiger partial charge in [-0.25, -0.2) is 0 Å². The highest BCUT2D eigenvalue weighted by molar-refractivity contribution is 6.74. The van der Waals surface area contributed by atoms with Crippen LogP contribution >= 0.6 is 0 Å². The van der Waals surface area contributed by atoms with Crippen molar-refractivity contribution in [3.63, 3.8) is 0 Å². The van der Waals surface area contributed by atoms with Crippen LogP contribution in [0.4, 0.5) is 0 Å². The van der Waals surface area contributed by atoms with Gasteiger partial charge in [0.2, 0.25) is 0 Å². The number of rotatable bonds is 8. The molecule has 1 aromatic carbocycles. The van der Waals surface area contributed by atoms with Crippen molar-refractivity contribution in [2.24, 2.45) is 0 Å². The average Bonchev–Trinajstić information content (AvgIpc) is 2.28. The van der Waals surface area contributed by atoms with Gasteiger partial charge in [-0.1, -0.05) is 46.1 Å². The van der Waals surface area contributed by atoms with Crippen LogP contribution in [0.2, 0.25) is 18.1 Å². The predicted molar refractivity (Wildman–Crippen MR) is 87.6 cm³/mol. The minimum absolute atomic E-state index is 1.11. The van der Waals surface area contributed by atoms with Gasteiger partial charge in [0.25, 0.3) is 8.32 Å². The molecule has 0 aromatic heterocycles. The number of hydrogen-bond donors (Lipinski definition) is 0. The Morgan fingerprint density at radius 2 is 1.21 bits per heavy atom. The van der Waals surface area contributed by atoms with Crippen LogP contribution in [0.15, 0.2) is 18.2 Å². The molecule has 0 amide bonds. The van der Waals surface area contributed by atoms with Gasteiger partial charge in [0, 0.05) is 0 Å². The molecular weight excluding hydrogens is 248 g/mol. The van der Waals surface area contributed by atoms with E-state index in [1.165, 1.54) is 48.5 Å². The zero-order chi connectivity index (χ0) is 14.3. The van der Waals surface area contributed by atoms with Crippen LogP contribution in [0.5, 0.6) is 5.75 Å². The summed E-state index contributed by atoms with van der Waals surface area (Å²) >= 11 is 0. The topological polar surface area (TPSA) is 9.23 Å². The molecule has 0 heterocycles. The largest absolute Gasteiger partial charge is 0.543 e. The van der Waals surface area contributed by atoms with E-state index in [2.05, 4.69) is 52.8 Å². The Labute approximate surface area is 120 Å². The molecule has 0 saturated carbocycles. The maximum Gasteiger partial charge on any atom is 0.251 e. The monoisotopic (exact) mass is 278 g/mol. The van der Waals surface area contributed by atoms with E-state index in [-0.39, 0.29) is 0 Å². The minimum Gasteiger partial charge on any atom is -0.543 e. The Bertz CT molecular complexity index is 350. The van der Waals surface area contributed by atoms with Crippen molar-refractivity contribution in [1.29, 1.82) is 0 Å². The van der Waals surface area contributed by atoms with Gasteiger partial charge >= 0.3 is 0 Å².